The Morgan fingerprint density at radius 1 is 1.69 bits per heavy atom. The molecule has 0 saturated carbocycles. The van der Waals surface area contributed by atoms with E-state index in [0.717, 1.165) is 0 Å². The number of hydrogen-bond donors (Lipinski definition) is 0. The van der Waals surface area contributed by atoms with E-state index in [1.54, 1.807) is 0 Å². The maximum Gasteiger partial charge on any atom is 0.356 e. The first-order valence-corrected chi connectivity index (χ1v) is 5.63. The lowest BCUT2D eigenvalue weighted by atomic mass is 10.1. The zero-order valence-corrected chi connectivity index (χ0v) is 10.5. The van der Waals surface area contributed by atoms with E-state index in [4.69, 9.17) is 11.6 Å². The summed E-state index contributed by atoms with van der Waals surface area (Å²) in [7, 11) is 1.17. The Morgan fingerprint density at radius 3 is 2.75 bits per heavy atom. The van der Waals surface area contributed by atoms with Crippen molar-refractivity contribution in [1.82, 2.24) is 4.98 Å². The minimum absolute atomic E-state index is 0.0913. The number of pyridine rings is 1. The normalized spacial score (nSPS) is 10.6. The fraction of sp³-hybridized carbons (Fsp3) is 0.333. The predicted molar refractivity (Wildman–Crippen MR) is 58.2 cm³/mol. The van der Waals surface area contributed by atoms with Gasteiger partial charge in [-0.05, 0) is 11.6 Å². The van der Waals surface area contributed by atoms with Crippen LogP contribution in [-0.2, 0) is 10.1 Å². The number of alkyl halides is 3. The molecule has 1 heterocycles. The highest BCUT2D eigenvalue weighted by molar-refractivity contribution is 9.08. The van der Waals surface area contributed by atoms with Crippen LogP contribution in [0, 0.1) is 0 Å². The third kappa shape index (κ3) is 2.68. The summed E-state index contributed by atoms with van der Waals surface area (Å²) in [6.45, 7) is 0. The Bertz CT molecular complexity index is 415. The Morgan fingerprint density at radius 2 is 2.31 bits per heavy atom. The fourth-order valence-corrected chi connectivity index (χ4v) is 1.88. The Kier molecular flexibility index (Phi) is 4.61. The fourth-order valence-electron chi connectivity index (χ4n) is 1.12. The number of esters is 1. The highest BCUT2D eigenvalue weighted by Gasteiger charge is 2.21. The summed E-state index contributed by atoms with van der Waals surface area (Å²) in [5, 5.41) is -0.230. The van der Waals surface area contributed by atoms with E-state index in [1.807, 2.05) is 0 Å². The number of halogens is 4. The minimum atomic E-state index is -2.74. The third-order valence-electron chi connectivity index (χ3n) is 1.85. The van der Waals surface area contributed by atoms with E-state index in [0.29, 0.717) is 0 Å². The molecule has 0 atom stereocenters. The molecule has 0 aliphatic heterocycles. The average molecular weight is 315 g/mol. The molecule has 0 fully saturated rings. The second kappa shape index (κ2) is 5.54. The van der Waals surface area contributed by atoms with Crippen molar-refractivity contribution in [2.24, 2.45) is 0 Å². The summed E-state index contributed by atoms with van der Waals surface area (Å²) < 4.78 is 29.7. The van der Waals surface area contributed by atoms with Crippen LogP contribution in [0.5, 0.6) is 0 Å². The van der Waals surface area contributed by atoms with Crippen molar-refractivity contribution in [1.29, 1.82) is 0 Å². The van der Waals surface area contributed by atoms with E-state index in [2.05, 4.69) is 25.7 Å². The van der Waals surface area contributed by atoms with E-state index in [9.17, 15) is 13.6 Å². The van der Waals surface area contributed by atoms with Gasteiger partial charge in [0.1, 0.15) is 10.8 Å². The standard InChI is InChI=1S/C9H7BrClF2NO2/c1-16-9(15)5-2-4(3-10)6(8(12)13)7(11)14-5/h2,8H,3H2,1H3. The SMILES string of the molecule is COC(=O)c1cc(CBr)c(C(F)F)c(Cl)n1. The van der Waals surface area contributed by atoms with Gasteiger partial charge >= 0.3 is 5.97 Å². The monoisotopic (exact) mass is 313 g/mol. The quantitative estimate of drug-likeness (QED) is 0.488. The lowest BCUT2D eigenvalue weighted by Gasteiger charge is -2.09. The average Bonchev–Trinajstić information content (AvgIpc) is 2.26. The summed E-state index contributed by atoms with van der Waals surface area (Å²) in [5.41, 5.74) is -0.243. The van der Waals surface area contributed by atoms with Crippen LogP contribution in [0.25, 0.3) is 0 Å². The zero-order chi connectivity index (χ0) is 12.3. The topological polar surface area (TPSA) is 39.2 Å². The molecule has 0 bridgehead atoms. The molecule has 0 radical (unpaired) electrons. The second-order valence-electron chi connectivity index (χ2n) is 2.80. The van der Waals surface area contributed by atoms with Gasteiger partial charge in [0.25, 0.3) is 6.43 Å². The van der Waals surface area contributed by atoms with Gasteiger partial charge in [0.2, 0.25) is 0 Å². The first kappa shape index (κ1) is 13.3. The van der Waals surface area contributed by atoms with Crippen molar-refractivity contribution in [3.63, 3.8) is 0 Å². The van der Waals surface area contributed by atoms with Crippen LogP contribution < -0.4 is 0 Å². The van der Waals surface area contributed by atoms with Crippen molar-refractivity contribution in [2.75, 3.05) is 7.11 Å². The van der Waals surface area contributed by atoms with Gasteiger partial charge in [0.15, 0.2) is 0 Å². The van der Waals surface area contributed by atoms with Crippen LogP contribution in [0.15, 0.2) is 6.07 Å². The van der Waals surface area contributed by atoms with Crippen molar-refractivity contribution in [3.05, 3.63) is 28.0 Å². The van der Waals surface area contributed by atoms with E-state index in [-0.39, 0.29) is 27.3 Å². The molecule has 0 aliphatic rings. The number of rotatable bonds is 3. The molecular weight excluding hydrogens is 307 g/mol. The maximum atomic E-state index is 12.6. The summed E-state index contributed by atoms with van der Waals surface area (Å²) in [5.74, 6) is -0.718. The second-order valence-corrected chi connectivity index (χ2v) is 3.72. The molecular formula is C9H7BrClF2NO2. The van der Waals surface area contributed by atoms with Gasteiger partial charge in [-0.25, -0.2) is 18.6 Å². The first-order valence-electron chi connectivity index (χ1n) is 4.13. The molecule has 1 aromatic heterocycles. The number of aromatic nitrogens is 1. The van der Waals surface area contributed by atoms with Crippen molar-refractivity contribution in [2.45, 2.75) is 11.8 Å². The molecule has 0 spiro atoms. The van der Waals surface area contributed by atoms with Crippen molar-refractivity contribution < 1.29 is 18.3 Å². The summed E-state index contributed by atoms with van der Waals surface area (Å²) >= 11 is 8.63. The van der Waals surface area contributed by atoms with E-state index < -0.39 is 12.4 Å². The molecule has 16 heavy (non-hydrogen) atoms. The Hall–Kier alpha value is -0.750. The number of methoxy groups -OCH3 is 1. The first-order chi connectivity index (χ1) is 7.51. The number of ether oxygens (including phenoxy) is 1. The summed E-state index contributed by atoms with van der Waals surface area (Å²) in [6, 6.07) is 1.23. The molecule has 88 valence electrons. The molecule has 0 N–H and O–H groups in total. The van der Waals surface area contributed by atoms with Gasteiger partial charge in [-0.3, -0.25) is 0 Å². The lowest BCUT2D eigenvalue weighted by molar-refractivity contribution is 0.0593. The van der Waals surface area contributed by atoms with Crippen LogP contribution in [0.2, 0.25) is 5.15 Å². The molecule has 0 aromatic carbocycles. The van der Waals surface area contributed by atoms with Gasteiger partial charge in [0.05, 0.1) is 12.7 Å². The lowest BCUT2D eigenvalue weighted by Crippen LogP contribution is -2.08. The van der Waals surface area contributed by atoms with Crippen LogP contribution in [0.3, 0.4) is 0 Å². The van der Waals surface area contributed by atoms with Gasteiger partial charge in [0, 0.05) is 5.33 Å². The van der Waals surface area contributed by atoms with Gasteiger partial charge in [-0.15, -0.1) is 0 Å². The molecule has 1 rings (SSSR count). The number of carbonyl (C=O) groups is 1. The third-order valence-corrected chi connectivity index (χ3v) is 2.75. The van der Waals surface area contributed by atoms with Crippen molar-refractivity contribution in [3.8, 4) is 0 Å². The molecule has 3 nitrogen and oxygen atoms in total. The van der Waals surface area contributed by atoms with E-state index in [1.165, 1.54) is 13.2 Å². The largest absolute Gasteiger partial charge is 0.464 e. The summed E-state index contributed by atoms with van der Waals surface area (Å²) in [6.07, 6.45) is -2.74. The van der Waals surface area contributed by atoms with E-state index >= 15 is 0 Å². The number of carbonyl (C=O) groups excluding carboxylic acids is 1. The Balaban J connectivity index is 3.32. The van der Waals surface area contributed by atoms with Gasteiger partial charge in [-0.1, -0.05) is 27.5 Å². The van der Waals surface area contributed by atoms with Gasteiger partial charge in [-0.2, -0.15) is 0 Å². The number of nitrogens with zero attached hydrogens (tertiary/aromatic N) is 1. The van der Waals surface area contributed by atoms with Crippen LogP contribution in [0.4, 0.5) is 8.78 Å². The Labute approximate surface area is 104 Å². The predicted octanol–water partition coefficient (Wildman–Crippen LogP) is 3.35. The van der Waals surface area contributed by atoms with Crippen molar-refractivity contribution >= 4 is 33.5 Å². The molecule has 1 aromatic rings. The molecule has 0 saturated heterocycles. The molecule has 7 heteroatoms. The minimum Gasteiger partial charge on any atom is -0.464 e. The van der Waals surface area contributed by atoms with Gasteiger partial charge < -0.3 is 4.74 Å². The highest BCUT2D eigenvalue weighted by atomic mass is 79.9. The highest BCUT2D eigenvalue weighted by Crippen LogP contribution is 2.31. The molecule has 0 aliphatic carbocycles. The smallest absolute Gasteiger partial charge is 0.356 e. The number of hydrogen-bond acceptors (Lipinski definition) is 3. The molecule has 0 amide bonds. The zero-order valence-electron chi connectivity index (χ0n) is 8.14. The van der Waals surface area contributed by atoms with Crippen LogP contribution in [-0.4, -0.2) is 18.1 Å². The summed E-state index contributed by atoms with van der Waals surface area (Å²) in [4.78, 5) is 14.7. The maximum absolute atomic E-state index is 12.6. The molecule has 0 unspecified atom stereocenters. The van der Waals surface area contributed by atoms with Crippen LogP contribution in [0.1, 0.15) is 28.0 Å². The van der Waals surface area contributed by atoms with Crippen LogP contribution >= 0.6 is 27.5 Å².